The molecule has 0 bridgehead atoms. The Morgan fingerprint density at radius 2 is 1.87 bits per heavy atom. The third-order valence-corrected chi connectivity index (χ3v) is 5.16. The van der Waals surface area contributed by atoms with Gasteiger partial charge >= 0.3 is 0 Å². The van der Waals surface area contributed by atoms with Crippen LogP contribution in [0.15, 0.2) is 70.6 Å². The Labute approximate surface area is 178 Å². The molecule has 0 fully saturated rings. The fraction of sp³-hybridized carbons (Fsp3) is 0.130. The molecule has 30 heavy (non-hydrogen) atoms. The van der Waals surface area contributed by atoms with Crippen LogP contribution >= 0.6 is 12.2 Å². The van der Waals surface area contributed by atoms with Crippen LogP contribution in [0, 0.1) is 18.6 Å². The Kier molecular flexibility index (Phi) is 5.54. The minimum absolute atomic E-state index is 0.129. The van der Waals surface area contributed by atoms with Crippen LogP contribution in [0.5, 0.6) is 5.75 Å². The van der Waals surface area contributed by atoms with Gasteiger partial charge in [-0.3, -0.25) is 9.89 Å². The van der Waals surface area contributed by atoms with E-state index in [2.05, 4.69) is 28.3 Å². The molecule has 0 aliphatic carbocycles. The van der Waals surface area contributed by atoms with Crippen molar-refractivity contribution in [2.75, 3.05) is 0 Å². The molecule has 0 atom stereocenters. The molecule has 4 rings (SSSR count). The first kappa shape index (κ1) is 19.7. The Morgan fingerprint density at radius 1 is 1.10 bits per heavy atom. The smallest absolute Gasteiger partial charge is 0.296 e. The highest BCUT2D eigenvalue weighted by atomic mass is 32.1. The molecule has 0 saturated heterocycles. The van der Waals surface area contributed by atoms with E-state index < -0.39 is 0 Å². The van der Waals surface area contributed by atoms with E-state index in [0.29, 0.717) is 12.4 Å². The highest BCUT2D eigenvalue weighted by Crippen LogP contribution is 2.27. The number of rotatable bonds is 5. The number of nitrogens with one attached hydrogen (secondary N) is 1. The lowest BCUT2D eigenvalue weighted by molar-refractivity contribution is 0.305. The molecule has 0 unspecified atom stereocenters. The number of hydrogen-bond donors (Lipinski definition) is 1. The third-order valence-electron chi connectivity index (χ3n) is 4.89. The second-order valence-corrected chi connectivity index (χ2v) is 7.28. The first-order chi connectivity index (χ1) is 14.5. The third kappa shape index (κ3) is 3.92. The minimum atomic E-state index is -0.363. The summed E-state index contributed by atoms with van der Waals surface area (Å²) in [6.45, 7) is 4.09. The molecule has 0 aliphatic heterocycles. The highest BCUT2D eigenvalue weighted by Gasteiger charge is 2.09. The Morgan fingerprint density at radius 3 is 2.70 bits per heavy atom. The summed E-state index contributed by atoms with van der Waals surface area (Å²) >= 11 is 5.17. The van der Waals surface area contributed by atoms with E-state index in [1.165, 1.54) is 5.56 Å². The van der Waals surface area contributed by atoms with Crippen LogP contribution in [0.4, 0.5) is 0 Å². The number of aromatic nitrogens is 3. The largest absolute Gasteiger partial charge is 0.488 e. The number of fused-ring (bicyclic) bond motifs is 1. The molecular weight excluding hydrogens is 396 g/mol. The van der Waals surface area contributed by atoms with Crippen LogP contribution in [-0.4, -0.2) is 21.1 Å². The SMILES string of the molecule is Cc1ccccc1COc1ccc2ccccc2c1/C=N/n1c(=S)[nH]nc(C)c1=O. The summed E-state index contributed by atoms with van der Waals surface area (Å²) in [4.78, 5) is 12.4. The van der Waals surface area contributed by atoms with Gasteiger partial charge in [-0.1, -0.05) is 54.6 Å². The Bertz CT molecular complexity index is 1370. The number of benzene rings is 3. The standard InChI is InChI=1S/C23H20N4O2S/c1-15-7-3-4-9-18(15)14-29-21-12-11-17-8-5-6-10-19(17)20(21)13-24-27-22(28)16(2)25-26-23(27)30/h3-13H,14H2,1-2H3,(H,26,30)/b24-13+. The van der Waals surface area contributed by atoms with Gasteiger partial charge in [-0.25, -0.2) is 0 Å². The lowest BCUT2D eigenvalue weighted by atomic mass is 10.0. The van der Waals surface area contributed by atoms with Crippen molar-refractivity contribution in [2.45, 2.75) is 20.5 Å². The molecule has 1 N–H and O–H groups in total. The van der Waals surface area contributed by atoms with Gasteiger partial charge in [0.05, 0.1) is 6.21 Å². The molecule has 0 saturated carbocycles. The summed E-state index contributed by atoms with van der Waals surface area (Å²) in [6, 6.07) is 20.0. The molecule has 0 radical (unpaired) electrons. The predicted octanol–water partition coefficient (Wildman–Crippen LogP) is 4.53. The Balaban J connectivity index is 1.78. The maximum absolute atomic E-state index is 12.4. The second kappa shape index (κ2) is 8.42. The summed E-state index contributed by atoms with van der Waals surface area (Å²) in [7, 11) is 0. The topological polar surface area (TPSA) is 72.3 Å². The number of aromatic amines is 1. The van der Waals surface area contributed by atoms with Crippen LogP contribution < -0.4 is 10.3 Å². The van der Waals surface area contributed by atoms with Crippen molar-refractivity contribution in [1.29, 1.82) is 0 Å². The van der Waals surface area contributed by atoms with Gasteiger partial charge in [-0.15, -0.1) is 0 Å². The van der Waals surface area contributed by atoms with Crippen LogP contribution in [0.2, 0.25) is 0 Å². The summed E-state index contributed by atoms with van der Waals surface area (Å²) in [5.74, 6) is 0.675. The van der Waals surface area contributed by atoms with Gasteiger partial charge in [0.1, 0.15) is 18.1 Å². The van der Waals surface area contributed by atoms with Crippen molar-refractivity contribution in [2.24, 2.45) is 5.10 Å². The first-order valence-electron chi connectivity index (χ1n) is 9.46. The van der Waals surface area contributed by atoms with Crippen LogP contribution in [0.1, 0.15) is 22.4 Å². The molecule has 0 spiro atoms. The van der Waals surface area contributed by atoms with Crippen LogP contribution in [0.3, 0.4) is 0 Å². The fourth-order valence-corrected chi connectivity index (χ4v) is 3.33. The Hall–Kier alpha value is -3.58. The average Bonchev–Trinajstić information content (AvgIpc) is 2.76. The summed E-state index contributed by atoms with van der Waals surface area (Å²) < 4.78 is 7.42. The van der Waals surface area contributed by atoms with Crippen LogP contribution in [0.25, 0.3) is 10.8 Å². The van der Waals surface area contributed by atoms with Crippen LogP contribution in [-0.2, 0) is 6.61 Å². The molecule has 7 heteroatoms. The number of aryl methyl sites for hydroxylation is 2. The number of nitrogens with zero attached hydrogens (tertiary/aromatic N) is 3. The molecule has 150 valence electrons. The summed E-state index contributed by atoms with van der Waals surface area (Å²) in [5, 5.41) is 12.9. The van der Waals surface area contributed by atoms with Gasteiger partial charge in [0.15, 0.2) is 0 Å². The summed E-state index contributed by atoms with van der Waals surface area (Å²) in [5.41, 5.74) is 2.97. The van der Waals surface area contributed by atoms with Crippen molar-refractivity contribution >= 4 is 29.2 Å². The lowest BCUT2D eigenvalue weighted by Gasteiger charge is -2.13. The fourth-order valence-electron chi connectivity index (χ4n) is 3.15. The molecule has 0 aliphatic rings. The van der Waals surface area contributed by atoms with E-state index in [9.17, 15) is 4.79 Å². The monoisotopic (exact) mass is 416 g/mol. The van der Waals surface area contributed by atoms with E-state index in [4.69, 9.17) is 17.0 Å². The molecule has 4 aromatic rings. The highest BCUT2D eigenvalue weighted by molar-refractivity contribution is 7.71. The normalized spacial score (nSPS) is 11.3. The summed E-state index contributed by atoms with van der Waals surface area (Å²) in [6.07, 6.45) is 1.61. The van der Waals surface area contributed by atoms with Crippen molar-refractivity contribution < 1.29 is 4.74 Å². The second-order valence-electron chi connectivity index (χ2n) is 6.89. The zero-order chi connectivity index (χ0) is 21.1. The quantitative estimate of drug-likeness (QED) is 0.383. The minimum Gasteiger partial charge on any atom is -0.488 e. The predicted molar refractivity (Wildman–Crippen MR) is 121 cm³/mol. The van der Waals surface area contributed by atoms with Crippen molar-refractivity contribution in [3.63, 3.8) is 0 Å². The van der Waals surface area contributed by atoms with Gasteiger partial charge in [-0.05, 0) is 54.0 Å². The number of hydrogen-bond acceptors (Lipinski definition) is 5. The number of H-pyrrole nitrogens is 1. The molecule has 3 aromatic carbocycles. The van der Waals surface area contributed by atoms with E-state index in [1.54, 1.807) is 13.1 Å². The molecule has 1 heterocycles. The maximum atomic E-state index is 12.4. The van der Waals surface area contributed by atoms with Gasteiger partial charge in [-0.2, -0.15) is 14.9 Å². The van der Waals surface area contributed by atoms with Crippen molar-refractivity contribution in [3.05, 3.63) is 98.2 Å². The number of ether oxygens (including phenoxy) is 1. The molecule has 1 aromatic heterocycles. The van der Waals surface area contributed by atoms with E-state index in [-0.39, 0.29) is 16.0 Å². The van der Waals surface area contributed by atoms with Gasteiger partial charge in [0.25, 0.3) is 5.56 Å². The van der Waals surface area contributed by atoms with E-state index in [1.807, 2.05) is 54.6 Å². The van der Waals surface area contributed by atoms with Gasteiger partial charge in [0.2, 0.25) is 4.77 Å². The van der Waals surface area contributed by atoms with Crippen molar-refractivity contribution in [3.8, 4) is 5.75 Å². The van der Waals surface area contributed by atoms with Gasteiger partial charge in [0, 0.05) is 5.56 Å². The zero-order valence-electron chi connectivity index (χ0n) is 16.6. The molecular formula is C23H20N4O2S. The van der Waals surface area contributed by atoms with E-state index in [0.717, 1.165) is 26.6 Å². The average molecular weight is 417 g/mol. The lowest BCUT2D eigenvalue weighted by Crippen LogP contribution is -2.22. The molecule has 6 nitrogen and oxygen atoms in total. The van der Waals surface area contributed by atoms with Crippen molar-refractivity contribution in [1.82, 2.24) is 14.9 Å². The zero-order valence-corrected chi connectivity index (χ0v) is 17.4. The first-order valence-corrected chi connectivity index (χ1v) is 9.87. The van der Waals surface area contributed by atoms with E-state index >= 15 is 0 Å². The molecule has 0 amide bonds. The van der Waals surface area contributed by atoms with Gasteiger partial charge < -0.3 is 4.74 Å². The maximum Gasteiger partial charge on any atom is 0.296 e.